The van der Waals surface area contributed by atoms with Gasteiger partial charge >= 0.3 is 11.9 Å². The highest BCUT2D eigenvalue weighted by Gasteiger charge is 2.38. The summed E-state index contributed by atoms with van der Waals surface area (Å²) in [5.41, 5.74) is -0.239. The van der Waals surface area contributed by atoms with Gasteiger partial charge in [0.15, 0.2) is 5.66 Å². The molecule has 0 saturated heterocycles. The van der Waals surface area contributed by atoms with Gasteiger partial charge in [0.2, 0.25) is 0 Å². The van der Waals surface area contributed by atoms with Crippen molar-refractivity contribution in [3.05, 3.63) is 6.92 Å². The average Bonchev–Trinajstić information content (AvgIpc) is 3.65. The highest BCUT2D eigenvalue weighted by Crippen LogP contribution is 2.38. The van der Waals surface area contributed by atoms with E-state index in [0.29, 0.717) is 19.3 Å². The molecule has 6 heteroatoms. The molecular formula is C31H57N2O4. The van der Waals surface area contributed by atoms with E-state index < -0.39 is 6.10 Å². The molecule has 1 atom stereocenters. The highest BCUT2D eigenvalue weighted by atomic mass is 16.6. The average molecular weight is 522 g/mol. The van der Waals surface area contributed by atoms with Crippen molar-refractivity contribution in [1.82, 2.24) is 0 Å². The molecule has 0 bridgehead atoms. The SMILES string of the molecule is [CH2]C(COC(=O)CCCCCCCCCCCCC)OC(=O)CCCC1(CCCCCCCCC)N=N1. The third kappa shape index (κ3) is 20.2. The molecule has 0 aromatic rings. The number of unbranched alkanes of at least 4 members (excludes halogenated alkanes) is 16. The zero-order valence-electron chi connectivity index (χ0n) is 24.3. The molecule has 0 aliphatic carbocycles. The van der Waals surface area contributed by atoms with Crippen molar-refractivity contribution in [2.45, 2.75) is 173 Å². The lowest BCUT2D eigenvalue weighted by Gasteiger charge is -2.14. The Balaban J connectivity index is 1.93. The summed E-state index contributed by atoms with van der Waals surface area (Å²) >= 11 is 0. The minimum Gasteiger partial charge on any atom is -0.462 e. The van der Waals surface area contributed by atoms with Gasteiger partial charge in [0.25, 0.3) is 0 Å². The van der Waals surface area contributed by atoms with Crippen molar-refractivity contribution in [2.24, 2.45) is 10.2 Å². The molecule has 0 amide bonds. The number of nitrogens with zero attached hydrogens (tertiary/aromatic N) is 2. The summed E-state index contributed by atoms with van der Waals surface area (Å²) in [6.07, 6.45) is 25.3. The van der Waals surface area contributed by atoms with Crippen molar-refractivity contribution < 1.29 is 19.1 Å². The summed E-state index contributed by atoms with van der Waals surface area (Å²) in [6, 6.07) is 0. The fourth-order valence-electron chi connectivity index (χ4n) is 4.75. The molecule has 215 valence electrons. The minimum atomic E-state index is -0.661. The summed E-state index contributed by atoms with van der Waals surface area (Å²) < 4.78 is 10.5. The van der Waals surface area contributed by atoms with Crippen LogP contribution in [0.5, 0.6) is 0 Å². The van der Waals surface area contributed by atoms with E-state index in [1.54, 1.807) is 0 Å². The zero-order valence-corrected chi connectivity index (χ0v) is 24.3. The Kier molecular flexibility index (Phi) is 20.4. The van der Waals surface area contributed by atoms with Gasteiger partial charge in [-0.25, -0.2) is 0 Å². The molecule has 1 heterocycles. The van der Waals surface area contributed by atoms with Crippen LogP contribution in [-0.4, -0.2) is 30.3 Å². The Bertz CT molecular complexity index is 602. The first-order valence-corrected chi connectivity index (χ1v) is 15.6. The summed E-state index contributed by atoms with van der Waals surface area (Å²) in [6.45, 7) is 8.31. The van der Waals surface area contributed by atoms with E-state index in [1.165, 1.54) is 96.3 Å². The molecule has 0 aromatic heterocycles. The van der Waals surface area contributed by atoms with Gasteiger partial charge in [0.05, 0.1) is 0 Å². The normalized spacial score (nSPS) is 14.5. The molecule has 0 N–H and O–H groups in total. The van der Waals surface area contributed by atoms with Crippen LogP contribution in [0.15, 0.2) is 10.2 Å². The fourth-order valence-corrected chi connectivity index (χ4v) is 4.75. The predicted octanol–water partition coefficient (Wildman–Crippen LogP) is 9.45. The Hall–Kier alpha value is -1.46. The first-order valence-electron chi connectivity index (χ1n) is 15.6. The molecule has 1 unspecified atom stereocenters. The van der Waals surface area contributed by atoms with Gasteiger partial charge in [0.1, 0.15) is 12.7 Å². The molecule has 37 heavy (non-hydrogen) atoms. The van der Waals surface area contributed by atoms with Crippen molar-refractivity contribution in [1.29, 1.82) is 0 Å². The second kappa shape index (κ2) is 22.5. The molecule has 1 aliphatic rings. The van der Waals surface area contributed by atoms with Crippen LogP contribution in [-0.2, 0) is 19.1 Å². The monoisotopic (exact) mass is 521 g/mol. The number of carbonyl (C=O) groups excluding carboxylic acids is 2. The largest absolute Gasteiger partial charge is 0.462 e. The van der Waals surface area contributed by atoms with Crippen LogP contribution in [0.1, 0.15) is 162 Å². The van der Waals surface area contributed by atoms with Crippen LogP contribution in [0.4, 0.5) is 0 Å². The van der Waals surface area contributed by atoms with Crippen LogP contribution in [0.3, 0.4) is 0 Å². The number of ether oxygens (including phenoxy) is 2. The molecule has 0 saturated carbocycles. The number of carbonyl (C=O) groups is 2. The van der Waals surface area contributed by atoms with E-state index >= 15 is 0 Å². The van der Waals surface area contributed by atoms with Gasteiger partial charge in [-0.2, -0.15) is 10.2 Å². The maximum absolute atomic E-state index is 12.1. The maximum Gasteiger partial charge on any atom is 0.306 e. The summed E-state index contributed by atoms with van der Waals surface area (Å²) in [7, 11) is 0. The van der Waals surface area contributed by atoms with Gasteiger partial charge in [-0.3, -0.25) is 9.59 Å². The quantitative estimate of drug-likeness (QED) is 0.0796. The van der Waals surface area contributed by atoms with E-state index in [1.807, 2.05) is 0 Å². The first kappa shape index (κ1) is 33.6. The lowest BCUT2D eigenvalue weighted by molar-refractivity contribution is -0.156. The predicted molar refractivity (Wildman–Crippen MR) is 151 cm³/mol. The van der Waals surface area contributed by atoms with Gasteiger partial charge in [-0.15, -0.1) is 0 Å². The number of hydrogen-bond donors (Lipinski definition) is 0. The van der Waals surface area contributed by atoms with Gasteiger partial charge in [-0.05, 0) is 39.0 Å². The molecule has 1 rings (SSSR count). The van der Waals surface area contributed by atoms with E-state index in [9.17, 15) is 9.59 Å². The summed E-state index contributed by atoms with van der Waals surface area (Å²) in [5, 5.41) is 8.50. The van der Waals surface area contributed by atoms with Gasteiger partial charge in [0, 0.05) is 12.8 Å². The lowest BCUT2D eigenvalue weighted by Crippen LogP contribution is -2.23. The number of rotatable bonds is 27. The van der Waals surface area contributed by atoms with Crippen molar-refractivity contribution in [3.63, 3.8) is 0 Å². The van der Waals surface area contributed by atoms with Gasteiger partial charge in [-0.1, -0.05) is 117 Å². The van der Waals surface area contributed by atoms with Crippen LogP contribution in [0, 0.1) is 6.92 Å². The van der Waals surface area contributed by atoms with E-state index in [0.717, 1.165) is 32.1 Å². The fraction of sp³-hybridized carbons (Fsp3) is 0.903. The van der Waals surface area contributed by atoms with E-state index in [-0.39, 0.29) is 24.2 Å². The molecule has 1 radical (unpaired) electrons. The Morgan fingerprint density at radius 2 is 1.05 bits per heavy atom. The topological polar surface area (TPSA) is 77.3 Å². The molecule has 1 aliphatic heterocycles. The number of esters is 2. The van der Waals surface area contributed by atoms with Crippen LogP contribution in [0.2, 0.25) is 0 Å². The summed E-state index contributed by atoms with van der Waals surface area (Å²) in [4.78, 5) is 24.1. The van der Waals surface area contributed by atoms with Crippen LogP contribution >= 0.6 is 0 Å². The van der Waals surface area contributed by atoms with E-state index in [2.05, 4.69) is 31.0 Å². The minimum absolute atomic E-state index is 0.0233. The number of hydrogen-bond acceptors (Lipinski definition) is 6. The molecular weight excluding hydrogens is 464 g/mol. The molecule has 0 aromatic carbocycles. The highest BCUT2D eigenvalue weighted by molar-refractivity contribution is 5.70. The first-order chi connectivity index (χ1) is 18.0. The van der Waals surface area contributed by atoms with E-state index in [4.69, 9.17) is 9.47 Å². The van der Waals surface area contributed by atoms with Crippen LogP contribution in [0.25, 0.3) is 0 Å². The van der Waals surface area contributed by atoms with Crippen molar-refractivity contribution >= 4 is 11.9 Å². The Labute approximate surface area is 228 Å². The smallest absolute Gasteiger partial charge is 0.306 e. The summed E-state index contributed by atoms with van der Waals surface area (Å²) in [5.74, 6) is -0.530. The van der Waals surface area contributed by atoms with Gasteiger partial charge < -0.3 is 9.47 Å². The molecule has 6 nitrogen and oxygen atoms in total. The maximum atomic E-state index is 12.1. The Morgan fingerprint density at radius 3 is 1.57 bits per heavy atom. The zero-order chi connectivity index (χ0) is 27.0. The second-order valence-electron chi connectivity index (χ2n) is 11.0. The standard InChI is InChI=1S/C31H57N2O4/c1-4-6-8-10-12-13-14-15-16-18-20-23-29(34)36-27-28(3)37-30(35)24-22-26-31(32-33-31)25-21-19-17-11-9-7-5-2/h28H,3-27H2,1-2H3. The molecule has 0 spiro atoms. The second-order valence-corrected chi connectivity index (χ2v) is 11.0. The lowest BCUT2D eigenvalue weighted by atomic mass is 9.98. The third-order valence-corrected chi connectivity index (χ3v) is 7.23. The van der Waals surface area contributed by atoms with Crippen LogP contribution < -0.4 is 0 Å². The Morgan fingerprint density at radius 1 is 0.622 bits per heavy atom. The third-order valence-electron chi connectivity index (χ3n) is 7.23. The van der Waals surface area contributed by atoms with Crippen molar-refractivity contribution in [2.75, 3.05) is 6.61 Å². The van der Waals surface area contributed by atoms with Crippen molar-refractivity contribution in [3.8, 4) is 0 Å². The molecule has 0 fully saturated rings.